The number of aliphatic hydroxyl groups excluding tert-OH is 1. The summed E-state index contributed by atoms with van der Waals surface area (Å²) in [6, 6.07) is 0. The number of ether oxygens (including phenoxy) is 1. The Morgan fingerprint density at radius 3 is 2.18 bits per heavy atom. The van der Waals surface area contributed by atoms with Crippen molar-refractivity contribution < 1.29 is 20.1 Å². The first-order chi connectivity index (χ1) is 15.5. The molecular formula is C30H52O4. The van der Waals surface area contributed by atoms with Gasteiger partial charge >= 0.3 is 0 Å². The predicted octanol–water partition coefficient (Wildman–Crippen LogP) is 6.02. The van der Waals surface area contributed by atoms with E-state index in [1.54, 1.807) is 0 Å². The second kappa shape index (κ2) is 8.57. The van der Waals surface area contributed by atoms with Crippen molar-refractivity contribution in [3.63, 3.8) is 0 Å². The zero-order valence-electron chi connectivity index (χ0n) is 23.2. The summed E-state index contributed by atoms with van der Waals surface area (Å²) >= 11 is 0. The molecule has 0 aromatic heterocycles. The SMILES string of the molecule is CC1=CCC2C(CC[C@@]2(C)O)C(C)(C)C1CC[C@@H]1[C@@]2(C)CC[C@@H](O)C(C)(C)O[C@@H]2CC[C@]1(C)O. The van der Waals surface area contributed by atoms with E-state index in [9.17, 15) is 15.3 Å². The monoisotopic (exact) mass is 476 g/mol. The van der Waals surface area contributed by atoms with Gasteiger partial charge in [-0.1, -0.05) is 32.4 Å². The van der Waals surface area contributed by atoms with Crippen LogP contribution in [0.1, 0.15) is 113 Å². The standard InChI is InChI=1S/C30H52O4/c1-19-9-10-22-21(13-17-29(22,7)32)26(2,3)20(19)11-12-23-28(6)16-14-24(31)27(4,5)34-25(28)15-18-30(23,8)33/h9,20-25,31-33H,10-18H2,1-8H3/t20?,21?,22?,23-,24-,25-,28-,29-,30+/m1/s1. The fourth-order valence-corrected chi connectivity index (χ4v) is 9.08. The summed E-state index contributed by atoms with van der Waals surface area (Å²) < 4.78 is 6.59. The van der Waals surface area contributed by atoms with E-state index >= 15 is 0 Å². The van der Waals surface area contributed by atoms with Gasteiger partial charge in [-0.3, -0.25) is 0 Å². The first kappa shape index (κ1) is 26.6. The summed E-state index contributed by atoms with van der Waals surface area (Å²) in [7, 11) is 0. The summed E-state index contributed by atoms with van der Waals surface area (Å²) in [5.41, 5.74) is -0.412. The van der Waals surface area contributed by atoms with E-state index < -0.39 is 22.9 Å². The molecule has 9 atom stereocenters. The third kappa shape index (κ3) is 4.33. The van der Waals surface area contributed by atoms with E-state index in [0.717, 1.165) is 57.8 Å². The molecule has 0 aromatic carbocycles. The third-order valence-electron chi connectivity index (χ3n) is 11.5. The van der Waals surface area contributed by atoms with Crippen LogP contribution in [0.2, 0.25) is 0 Å². The van der Waals surface area contributed by atoms with Crippen LogP contribution in [0.15, 0.2) is 11.6 Å². The Labute approximate surface area is 208 Å². The number of hydrogen-bond acceptors (Lipinski definition) is 4. The third-order valence-corrected chi connectivity index (χ3v) is 11.5. The topological polar surface area (TPSA) is 69.9 Å². The molecular weight excluding hydrogens is 424 g/mol. The zero-order valence-corrected chi connectivity index (χ0v) is 23.2. The Bertz CT molecular complexity index is 794. The Balaban J connectivity index is 1.59. The molecule has 0 radical (unpaired) electrons. The van der Waals surface area contributed by atoms with Gasteiger partial charge in [0.2, 0.25) is 0 Å². The molecule has 34 heavy (non-hydrogen) atoms. The van der Waals surface area contributed by atoms with Crippen LogP contribution in [0.5, 0.6) is 0 Å². The van der Waals surface area contributed by atoms with Gasteiger partial charge in [-0.05, 0) is 127 Å². The number of rotatable bonds is 3. The van der Waals surface area contributed by atoms with Crippen molar-refractivity contribution in [1.82, 2.24) is 0 Å². The lowest BCUT2D eigenvalue weighted by atomic mass is 9.55. The molecule has 2 saturated carbocycles. The van der Waals surface area contributed by atoms with Crippen LogP contribution < -0.4 is 0 Å². The highest BCUT2D eigenvalue weighted by atomic mass is 16.5. The lowest BCUT2D eigenvalue weighted by molar-refractivity contribution is -0.206. The Morgan fingerprint density at radius 1 is 0.853 bits per heavy atom. The molecule has 0 bridgehead atoms. The summed E-state index contributed by atoms with van der Waals surface area (Å²) in [6.45, 7) is 17.6. The fourth-order valence-electron chi connectivity index (χ4n) is 9.08. The summed E-state index contributed by atoms with van der Waals surface area (Å²) in [4.78, 5) is 0. The van der Waals surface area contributed by atoms with Gasteiger partial charge < -0.3 is 20.1 Å². The molecule has 3 unspecified atom stereocenters. The van der Waals surface area contributed by atoms with E-state index in [1.807, 2.05) is 27.7 Å². The summed E-state index contributed by atoms with van der Waals surface area (Å²) in [6.07, 6.45) is 10.2. The lowest BCUT2D eigenvalue weighted by Gasteiger charge is -2.54. The number of fused-ring (bicyclic) bond motifs is 2. The smallest absolute Gasteiger partial charge is 0.0888 e. The van der Waals surface area contributed by atoms with Crippen molar-refractivity contribution in [3.8, 4) is 0 Å². The maximum absolute atomic E-state index is 11.7. The maximum Gasteiger partial charge on any atom is 0.0888 e. The molecule has 4 rings (SSSR count). The quantitative estimate of drug-likeness (QED) is 0.436. The zero-order chi connectivity index (χ0) is 25.3. The van der Waals surface area contributed by atoms with Gasteiger partial charge in [0, 0.05) is 0 Å². The molecule has 4 heteroatoms. The predicted molar refractivity (Wildman–Crippen MR) is 137 cm³/mol. The molecule has 1 heterocycles. The van der Waals surface area contributed by atoms with Gasteiger partial charge in [-0.15, -0.1) is 0 Å². The van der Waals surface area contributed by atoms with Gasteiger partial charge in [0.25, 0.3) is 0 Å². The minimum Gasteiger partial charge on any atom is -0.390 e. The molecule has 1 aliphatic heterocycles. The first-order valence-electron chi connectivity index (χ1n) is 14.0. The van der Waals surface area contributed by atoms with Crippen molar-refractivity contribution in [1.29, 1.82) is 0 Å². The molecule has 3 N–H and O–H groups in total. The number of aliphatic hydroxyl groups is 3. The van der Waals surface area contributed by atoms with Gasteiger partial charge in [-0.2, -0.15) is 0 Å². The highest BCUT2D eigenvalue weighted by Crippen LogP contribution is 2.59. The van der Waals surface area contributed by atoms with Gasteiger partial charge in [0.1, 0.15) is 0 Å². The molecule has 0 aromatic rings. The first-order valence-corrected chi connectivity index (χ1v) is 14.0. The minimum absolute atomic E-state index is 0.0676. The van der Waals surface area contributed by atoms with Crippen molar-refractivity contribution in [2.45, 2.75) is 142 Å². The van der Waals surface area contributed by atoms with Crippen LogP contribution in [0, 0.1) is 34.5 Å². The molecule has 1 saturated heterocycles. The van der Waals surface area contributed by atoms with E-state index in [4.69, 9.17) is 4.74 Å². The van der Waals surface area contributed by atoms with E-state index in [0.29, 0.717) is 17.8 Å². The van der Waals surface area contributed by atoms with Crippen molar-refractivity contribution in [3.05, 3.63) is 11.6 Å². The lowest BCUT2D eigenvalue weighted by Crippen LogP contribution is -2.56. The largest absolute Gasteiger partial charge is 0.390 e. The Hall–Kier alpha value is -0.420. The number of allylic oxidation sites excluding steroid dienone is 2. The van der Waals surface area contributed by atoms with Crippen LogP contribution in [-0.2, 0) is 4.74 Å². The van der Waals surface area contributed by atoms with Crippen LogP contribution >= 0.6 is 0 Å². The second-order valence-corrected chi connectivity index (χ2v) is 14.5. The van der Waals surface area contributed by atoms with Crippen LogP contribution in [0.3, 0.4) is 0 Å². The van der Waals surface area contributed by atoms with Crippen LogP contribution in [0.4, 0.5) is 0 Å². The summed E-state index contributed by atoms with van der Waals surface area (Å²) in [5, 5.41) is 33.5. The summed E-state index contributed by atoms with van der Waals surface area (Å²) in [5.74, 6) is 1.44. The normalized spacial score (nSPS) is 50.5. The van der Waals surface area contributed by atoms with E-state index in [-0.39, 0.29) is 22.9 Å². The molecule has 4 nitrogen and oxygen atoms in total. The van der Waals surface area contributed by atoms with Crippen molar-refractivity contribution in [2.75, 3.05) is 0 Å². The average Bonchev–Trinajstić information content (AvgIpc) is 2.93. The molecule has 3 fully saturated rings. The molecule has 196 valence electrons. The maximum atomic E-state index is 11.7. The molecule has 4 aliphatic rings. The second-order valence-electron chi connectivity index (χ2n) is 14.5. The minimum atomic E-state index is -0.722. The van der Waals surface area contributed by atoms with E-state index in [2.05, 4.69) is 33.8 Å². The highest BCUT2D eigenvalue weighted by Gasteiger charge is 2.57. The fraction of sp³-hybridized carbons (Fsp3) is 0.933. The van der Waals surface area contributed by atoms with Crippen molar-refractivity contribution >= 4 is 0 Å². The molecule has 3 aliphatic carbocycles. The van der Waals surface area contributed by atoms with Gasteiger partial charge in [0.15, 0.2) is 0 Å². The Kier molecular flexibility index (Phi) is 6.71. The van der Waals surface area contributed by atoms with Gasteiger partial charge in [-0.25, -0.2) is 0 Å². The van der Waals surface area contributed by atoms with Crippen LogP contribution in [-0.4, -0.2) is 44.3 Å². The highest BCUT2D eigenvalue weighted by molar-refractivity contribution is 5.17. The molecule has 0 amide bonds. The number of hydrogen-bond donors (Lipinski definition) is 3. The van der Waals surface area contributed by atoms with E-state index in [1.165, 1.54) is 5.57 Å². The van der Waals surface area contributed by atoms with Crippen LogP contribution in [0.25, 0.3) is 0 Å². The average molecular weight is 477 g/mol. The van der Waals surface area contributed by atoms with Gasteiger partial charge in [0.05, 0.1) is 29.0 Å². The Morgan fingerprint density at radius 2 is 1.50 bits per heavy atom. The molecule has 0 spiro atoms. The van der Waals surface area contributed by atoms with Crippen molar-refractivity contribution in [2.24, 2.45) is 34.5 Å².